The van der Waals surface area contributed by atoms with Gasteiger partial charge in [-0.25, -0.2) is 0 Å². The number of benzene rings is 1. The lowest BCUT2D eigenvalue weighted by atomic mass is 10.1. The predicted molar refractivity (Wildman–Crippen MR) is 120 cm³/mol. The highest BCUT2D eigenvalue weighted by Gasteiger charge is 2.30. The SMILES string of the molecule is Cc1ccsc1CN(Cc1ccc2c(c1)OCO2)C(=O)CN(CC1CC1)C(=O)C(C)C. The minimum Gasteiger partial charge on any atom is -0.454 e. The lowest BCUT2D eigenvalue weighted by molar-refractivity contribution is -0.143. The van der Waals surface area contributed by atoms with Crippen molar-refractivity contribution in [2.24, 2.45) is 11.8 Å². The smallest absolute Gasteiger partial charge is 0.242 e. The highest BCUT2D eigenvalue weighted by atomic mass is 32.1. The van der Waals surface area contributed by atoms with Crippen molar-refractivity contribution in [3.63, 3.8) is 0 Å². The zero-order valence-corrected chi connectivity index (χ0v) is 19.2. The van der Waals surface area contributed by atoms with Crippen LogP contribution in [0.25, 0.3) is 0 Å². The summed E-state index contributed by atoms with van der Waals surface area (Å²) < 4.78 is 10.9. The summed E-state index contributed by atoms with van der Waals surface area (Å²) in [5.41, 5.74) is 2.16. The number of carbonyl (C=O) groups is 2. The van der Waals surface area contributed by atoms with Gasteiger partial charge in [0.05, 0.1) is 13.1 Å². The number of rotatable bonds is 9. The molecule has 0 saturated heterocycles. The number of hydrogen-bond acceptors (Lipinski definition) is 5. The molecule has 4 rings (SSSR count). The van der Waals surface area contributed by atoms with E-state index < -0.39 is 0 Å². The third-order valence-corrected chi connectivity index (χ3v) is 6.78. The number of carbonyl (C=O) groups excluding carboxylic acids is 2. The largest absolute Gasteiger partial charge is 0.454 e. The zero-order chi connectivity index (χ0) is 22.0. The Morgan fingerprint density at radius 3 is 2.55 bits per heavy atom. The van der Waals surface area contributed by atoms with E-state index in [1.807, 2.05) is 36.9 Å². The molecule has 1 fully saturated rings. The van der Waals surface area contributed by atoms with Gasteiger partial charge in [0, 0.05) is 23.9 Å². The minimum atomic E-state index is -0.117. The maximum Gasteiger partial charge on any atom is 0.242 e. The van der Waals surface area contributed by atoms with Gasteiger partial charge in [-0.15, -0.1) is 11.3 Å². The predicted octanol–water partition coefficient (Wildman–Crippen LogP) is 4.21. The number of aryl methyl sites for hydroxylation is 1. The molecule has 0 spiro atoms. The number of ether oxygens (including phenoxy) is 2. The van der Waals surface area contributed by atoms with E-state index in [1.54, 1.807) is 16.2 Å². The summed E-state index contributed by atoms with van der Waals surface area (Å²) in [5, 5.41) is 2.05. The molecule has 7 heteroatoms. The Bertz CT molecular complexity index is 951. The topological polar surface area (TPSA) is 59.1 Å². The quantitative estimate of drug-likeness (QED) is 0.584. The van der Waals surface area contributed by atoms with Crippen LogP contribution >= 0.6 is 11.3 Å². The van der Waals surface area contributed by atoms with Crippen molar-refractivity contribution in [3.05, 3.63) is 45.6 Å². The van der Waals surface area contributed by atoms with E-state index >= 15 is 0 Å². The van der Waals surface area contributed by atoms with Crippen LogP contribution in [-0.2, 0) is 22.7 Å². The van der Waals surface area contributed by atoms with Gasteiger partial charge in [-0.05, 0) is 60.4 Å². The normalized spacial score (nSPS) is 14.7. The van der Waals surface area contributed by atoms with Crippen LogP contribution < -0.4 is 9.47 Å². The number of nitrogens with zero attached hydrogens (tertiary/aromatic N) is 2. The van der Waals surface area contributed by atoms with Gasteiger partial charge in [-0.2, -0.15) is 0 Å². The standard InChI is InChI=1S/C24H30N2O4S/c1-16(2)24(28)26(11-18-4-5-18)14-23(27)25(13-22-17(3)8-9-31-22)12-19-6-7-20-21(10-19)30-15-29-20/h6-10,16,18H,4-5,11-15H2,1-3H3. The molecule has 166 valence electrons. The molecule has 0 atom stereocenters. The van der Waals surface area contributed by atoms with Crippen molar-refractivity contribution in [1.29, 1.82) is 0 Å². The van der Waals surface area contributed by atoms with Crippen LogP contribution in [0.3, 0.4) is 0 Å². The number of thiophene rings is 1. The molecule has 1 aliphatic carbocycles. The van der Waals surface area contributed by atoms with Gasteiger partial charge < -0.3 is 19.3 Å². The van der Waals surface area contributed by atoms with Crippen LogP contribution in [-0.4, -0.2) is 41.5 Å². The third-order valence-electron chi connectivity index (χ3n) is 5.77. The average Bonchev–Trinajstić information content (AvgIpc) is 3.28. The first-order valence-corrected chi connectivity index (χ1v) is 11.8. The molecule has 1 saturated carbocycles. The van der Waals surface area contributed by atoms with Crippen molar-refractivity contribution in [2.75, 3.05) is 19.9 Å². The van der Waals surface area contributed by atoms with Crippen molar-refractivity contribution >= 4 is 23.2 Å². The first-order valence-electron chi connectivity index (χ1n) is 10.9. The molecule has 1 aromatic carbocycles. The molecule has 0 radical (unpaired) electrons. The lowest BCUT2D eigenvalue weighted by Crippen LogP contribution is -2.44. The molecule has 2 amide bonds. The summed E-state index contributed by atoms with van der Waals surface area (Å²) >= 11 is 1.66. The van der Waals surface area contributed by atoms with E-state index in [1.165, 1.54) is 5.56 Å². The molecular formula is C24H30N2O4S. The van der Waals surface area contributed by atoms with E-state index in [0.29, 0.717) is 31.3 Å². The molecule has 0 unspecified atom stereocenters. The van der Waals surface area contributed by atoms with Gasteiger partial charge in [0.1, 0.15) is 0 Å². The Morgan fingerprint density at radius 2 is 1.87 bits per heavy atom. The van der Waals surface area contributed by atoms with Gasteiger partial charge in [-0.1, -0.05) is 19.9 Å². The lowest BCUT2D eigenvalue weighted by Gasteiger charge is -2.29. The van der Waals surface area contributed by atoms with Gasteiger partial charge in [0.2, 0.25) is 18.6 Å². The Balaban J connectivity index is 1.52. The monoisotopic (exact) mass is 442 g/mol. The molecular weight excluding hydrogens is 412 g/mol. The van der Waals surface area contributed by atoms with Crippen LogP contribution in [0.4, 0.5) is 0 Å². The van der Waals surface area contributed by atoms with Gasteiger partial charge in [0.25, 0.3) is 0 Å². The van der Waals surface area contributed by atoms with E-state index in [0.717, 1.165) is 29.0 Å². The Labute approximate surface area is 187 Å². The molecule has 0 bridgehead atoms. The molecule has 1 aromatic heterocycles. The van der Waals surface area contributed by atoms with E-state index in [9.17, 15) is 9.59 Å². The van der Waals surface area contributed by atoms with E-state index in [2.05, 4.69) is 18.4 Å². The second-order valence-corrected chi connectivity index (χ2v) is 9.78. The van der Waals surface area contributed by atoms with E-state index in [4.69, 9.17) is 9.47 Å². The van der Waals surface area contributed by atoms with Crippen LogP contribution in [0.15, 0.2) is 29.6 Å². The highest BCUT2D eigenvalue weighted by Crippen LogP contribution is 2.33. The number of amides is 2. The summed E-state index contributed by atoms with van der Waals surface area (Å²) in [6, 6.07) is 7.87. The fourth-order valence-corrected chi connectivity index (χ4v) is 4.63. The Kier molecular flexibility index (Phi) is 6.51. The highest BCUT2D eigenvalue weighted by molar-refractivity contribution is 7.10. The van der Waals surface area contributed by atoms with Gasteiger partial charge >= 0.3 is 0 Å². The Hall–Kier alpha value is -2.54. The van der Waals surface area contributed by atoms with Crippen LogP contribution in [0.1, 0.15) is 42.7 Å². The summed E-state index contributed by atoms with van der Waals surface area (Å²) in [4.78, 5) is 31.0. The third kappa shape index (κ3) is 5.39. The summed E-state index contributed by atoms with van der Waals surface area (Å²) in [6.45, 7) is 7.88. The molecule has 6 nitrogen and oxygen atoms in total. The molecule has 0 N–H and O–H groups in total. The Morgan fingerprint density at radius 1 is 1.10 bits per heavy atom. The number of fused-ring (bicyclic) bond motifs is 1. The van der Waals surface area contributed by atoms with Crippen molar-refractivity contribution in [2.45, 2.75) is 46.7 Å². The second-order valence-electron chi connectivity index (χ2n) is 8.78. The first kappa shape index (κ1) is 21.7. The molecule has 2 heterocycles. The van der Waals surface area contributed by atoms with Crippen molar-refractivity contribution in [3.8, 4) is 11.5 Å². The number of hydrogen-bond donors (Lipinski definition) is 0. The summed E-state index contributed by atoms with van der Waals surface area (Å²) in [7, 11) is 0. The fraction of sp³-hybridized carbons (Fsp3) is 0.500. The molecule has 1 aliphatic heterocycles. The first-order chi connectivity index (χ1) is 14.9. The zero-order valence-electron chi connectivity index (χ0n) is 18.4. The summed E-state index contributed by atoms with van der Waals surface area (Å²) in [5.74, 6) is 1.89. The second kappa shape index (κ2) is 9.30. The average molecular weight is 443 g/mol. The maximum atomic E-state index is 13.4. The van der Waals surface area contributed by atoms with Crippen molar-refractivity contribution in [1.82, 2.24) is 9.80 Å². The van der Waals surface area contributed by atoms with Gasteiger partial charge in [0.15, 0.2) is 11.5 Å². The maximum absolute atomic E-state index is 13.4. The summed E-state index contributed by atoms with van der Waals surface area (Å²) in [6.07, 6.45) is 2.29. The van der Waals surface area contributed by atoms with Crippen LogP contribution in [0.5, 0.6) is 11.5 Å². The molecule has 2 aromatic rings. The van der Waals surface area contributed by atoms with Crippen molar-refractivity contribution < 1.29 is 19.1 Å². The molecule has 2 aliphatic rings. The minimum absolute atomic E-state index is 0.0277. The van der Waals surface area contributed by atoms with E-state index in [-0.39, 0.29) is 31.1 Å². The fourth-order valence-electron chi connectivity index (χ4n) is 3.70. The van der Waals surface area contributed by atoms with Crippen LogP contribution in [0.2, 0.25) is 0 Å². The van der Waals surface area contributed by atoms with Crippen LogP contribution in [0, 0.1) is 18.8 Å². The molecule has 31 heavy (non-hydrogen) atoms. The van der Waals surface area contributed by atoms with Gasteiger partial charge in [-0.3, -0.25) is 9.59 Å².